The van der Waals surface area contributed by atoms with Gasteiger partial charge in [0.2, 0.25) is 0 Å². The number of unbranched alkanes of at least 4 members (excludes halogenated alkanes) is 8. The second-order valence-corrected chi connectivity index (χ2v) is 11.8. The molecule has 0 amide bonds. The second-order valence-electron chi connectivity index (χ2n) is 11.8. The summed E-state index contributed by atoms with van der Waals surface area (Å²) in [5, 5.41) is 9.90. The minimum absolute atomic E-state index is 0.0160. The first-order chi connectivity index (χ1) is 20.6. The number of carbonyl (C=O) groups is 1. The van der Waals surface area contributed by atoms with Gasteiger partial charge in [-0.15, -0.1) is 0 Å². The average molecular weight is 594 g/mol. The molecular weight excluding hydrogens is 524 g/mol. The first-order valence-electron chi connectivity index (χ1n) is 17.7. The van der Waals surface area contributed by atoms with Crippen molar-refractivity contribution < 1.29 is 24.1 Å². The molecule has 0 aromatic carbocycles. The van der Waals surface area contributed by atoms with Crippen LogP contribution in [0.5, 0.6) is 0 Å². The summed E-state index contributed by atoms with van der Waals surface area (Å²) in [6.07, 6.45) is 32.2. The van der Waals surface area contributed by atoms with Crippen LogP contribution in [0.25, 0.3) is 0 Å². The van der Waals surface area contributed by atoms with Crippen LogP contribution in [0.15, 0.2) is 24.3 Å². The van der Waals surface area contributed by atoms with Gasteiger partial charge in [0, 0.05) is 32.2 Å². The van der Waals surface area contributed by atoms with E-state index in [1.807, 2.05) is 0 Å². The summed E-state index contributed by atoms with van der Waals surface area (Å²) in [4.78, 5) is 12.6. The first kappa shape index (κ1) is 40.8. The molecule has 2 unspecified atom stereocenters. The van der Waals surface area contributed by atoms with E-state index in [1.54, 1.807) is 0 Å². The van der Waals surface area contributed by atoms with Crippen LogP contribution in [-0.4, -0.2) is 43.8 Å². The second kappa shape index (κ2) is 32.7. The Morgan fingerprint density at radius 3 is 1.81 bits per heavy atom. The van der Waals surface area contributed by atoms with Crippen molar-refractivity contribution >= 4 is 5.97 Å². The lowest BCUT2D eigenvalue weighted by atomic mass is 9.89. The van der Waals surface area contributed by atoms with E-state index < -0.39 is 0 Å². The first-order valence-corrected chi connectivity index (χ1v) is 17.7. The number of hydrogen-bond donors (Lipinski definition) is 1. The Bertz CT molecular complexity index is 593. The summed E-state index contributed by atoms with van der Waals surface area (Å²) in [6.45, 7) is 10.3. The Kier molecular flexibility index (Phi) is 31.8. The van der Waals surface area contributed by atoms with Gasteiger partial charge in [0.15, 0.2) is 6.29 Å². The Labute approximate surface area is 261 Å². The summed E-state index contributed by atoms with van der Waals surface area (Å²) in [7, 11) is 0. The van der Waals surface area contributed by atoms with Gasteiger partial charge in [-0.3, -0.25) is 4.79 Å². The fourth-order valence-corrected chi connectivity index (χ4v) is 5.09. The molecule has 0 saturated carbocycles. The van der Waals surface area contributed by atoms with Gasteiger partial charge in [-0.25, -0.2) is 0 Å². The predicted octanol–water partition coefficient (Wildman–Crippen LogP) is 10.3. The maximum Gasteiger partial charge on any atom is 0.305 e. The minimum atomic E-state index is -0.376. The Morgan fingerprint density at radius 2 is 1.24 bits per heavy atom. The molecule has 0 bridgehead atoms. The van der Waals surface area contributed by atoms with Gasteiger partial charge in [0.1, 0.15) is 0 Å². The Balaban J connectivity index is 4.46. The molecular formula is C37H69O5. The van der Waals surface area contributed by atoms with Crippen LogP contribution in [-0.2, 0) is 19.0 Å². The highest BCUT2D eigenvalue weighted by molar-refractivity contribution is 5.69. The molecule has 0 aromatic heterocycles. The topological polar surface area (TPSA) is 65.0 Å². The Hall–Kier alpha value is -1.17. The lowest BCUT2D eigenvalue weighted by Crippen LogP contribution is -2.22. The molecule has 0 saturated heterocycles. The molecule has 0 heterocycles. The quantitative estimate of drug-likeness (QED) is 0.0364. The third-order valence-electron chi connectivity index (χ3n) is 7.81. The van der Waals surface area contributed by atoms with Crippen LogP contribution in [0.3, 0.4) is 0 Å². The molecule has 1 N–H and O–H groups in total. The minimum Gasteiger partial charge on any atom is -0.465 e. The number of esters is 1. The van der Waals surface area contributed by atoms with Gasteiger partial charge >= 0.3 is 5.97 Å². The summed E-state index contributed by atoms with van der Waals surface area (Å²) < 4.78 is 17.6. The molecule has 0 aliphatic rings. The van der Waals surface area contributed by atoms with E-state index in [9.17, 15) is 9.90 Å². The van der Waals surface area contributed by atoms with Crippen LogP contribution in [0.4, 0.5) is 0 Å². The molecule has 1 radical (unpaired) electrons. The van der Waals surface area contributed by atoms with Crippen molar-refractivity contribution in [2.45, 2.75) is 162 Å². The summed E-state index contributed by atoms with van der Waals surface area (Å²) in [6, 6.07) is 0. The van der Waals surface area contributed by atoms with Crippen molar-refractivity contribution in [2.24, 2.45) is 11.8 Å². The molecule has 0 spiro atoms. The fourth-order valence-electron chi connectivity index (χ4n) is 5.09. The third kappa shape index (κ3) is 27.7. The van der Waals surface area contributed by atoms with Crippen molar-refractivity contribution in [3.8, 4) is 0 Å². The molecule has 2 atom stereocenters. The predicted molar refractivity (Wildman–Crippen MR) is 178 cm³/mol. The zero-order valence-corrected chi connectivity index (χ0v) is 28.2. The lowest BCUT2D eigenvalue weighted by Gasteiger charge is -2.20. The average Bonchev–Trinajstić information content (AvgIpc) is 3.00. The van der Waals surface area contributed by atoms with Gasteiger partial charge in [-0.05, 0) is 70.1 Å². The maximum atomic E-state index is 12.6. The molecule has 5 nitrogen and oxygen atoms in total. The molecule has 0 aromatic rings. The van der Waals surface area contributed by atoms with Crippen LogP contribution in [0.1, 0.15) is 156 Å². The van der Waals surface area contributed by atoms with Gasteiger partial charge < -0.3 is 19.3 Å². The standard InChI is InChI=1S/C37H69O5/c1-5-9-13-16-18-21-30-40-37(41-31-22-19-17-14-10-6-2)29-28-36(39)42-33-35(32-38)27-23-26-34(24-12-8-4)25-20-15-11-7-3/h7,9-10,13-14,34-35,37-38H,5-6,8,11-12,15-33H2,1-4H3/b13-9-,14-10-. The zero-order chi connectivity index (χ0) is 30.9. The number of carbonyl (C=O) groups excluding carboxylic acids is 1. The van der Waals surface area contributed by atoms with E-state index in [1.165, 1.54) is 51.4 Å². The van der Waals surface area contributed by atoms with Crippen molar-refractivity contribution in [2.75, 3.05) is 26.4 Å². The normalized spacial score (nSPS) is 13.5. The fraction of sp³-hybridized carbons (Fsp3) is 0.838. The van der Waals surface area contributed by atoms with Gasteiger partial charge in [0.25, 0.3) is 0 Å². The number of rotatable bonds is 32. The van der Waals surface area contributed by atoms with Crippen molar-refractivity contribution in [3.05, 3.63) is 30.7 Å². The summed E-state index contributed by atoms with van der Waals surface area (Å²) in [5.74, 6) is 0.567. The molecule has 0 rings (SSSR count). The number of allylic oxidation sites excluding steroid dienone is 4. The van der Waals surface area contributed by atoms with E-state index in [2.05, 4.69) is 58.4 Å². The largest absolute Gasteiger partial charge is 0.465 e. The zero-order valence-electron chi connectivity index (χ0n) is 28.2. The van der Waals surface area contributed by atoms with Gasteiger partial charge in [-0.2, -0.15) is 0 Å². The molecule has 42 heavy (non-hydrogen) atoms. The molecule has 0 aliphatic heterocycles. The molecule has 0 fully saturated rings. The number of aliphatic hydroxyl groups excluding tert-OH is 1. The van der Waals surface area contributed by atoms with Crippen molar-refractivity contribution in [1.82, 2.24) is 0 Å². The number of aliphatic hydroxyl groups is 1. The van der Waals surface area contributed by atoms with Crippen molar-refractivity contribution in [1.29, 1.82) is 0 Å². The smallest absolute Gasteiger partial charge is 0.305 e. The van der Waals surface area contributed by atoms with E-state index in [4.69, 9.17) is 14.2 Å². The SMILES string of the molecule is C[CH]CCCCC(CCCC)CCCC(CO)COC(=O)CCC(OCCCC/C=C\CC)OCCCC/C=C\CC. The number of ether oxygens (including phenoxy) is 3. The lowest BCUT2D eigenvalue weighted by molar-refractivity contribution is -0.160. The number of hydrogen-bond acceptors (Lipinski definition) is 5. The van der Waals surface area contributed by atoms with Crippen LogP contribution in [0, 0.1) is 18.3 Å². The molecule has 5 heteroatoms. The van der Waals surface area contributed by atoms with E-state index in [0.717, 1.165) is 70.1 Å². The van der Waals surface area contributed by atoms with Crippen molar-refractivity contribution in [3.63, 3.8) is 0 Å². The third-order valence-corrected chi connectivity index (χ3v) is 7.81. The van der Waals surface area contributed by atoms with Crippen LogP contribution >= 0.6 is 0 Å². The van der Waals surface area contributed by atoms with Gasteiger partial charge in [-0.1, -0.05) is 110 Å². The Morgan fingerprint density at radius 1 is 0.667 bits per heavy atom. The highest BCUT2D eigenvalue weighted by Crippen LogP contribution is 2.24. The van der Waals surface area contributed by atoms with E-state index in [0.29, 0.717) is 26.2 Å². The van der Waals surface area contributed by atoms with Crippen LogP contribution < -0.4 is 0 Å². The molecule has 247 valence electrons. The summed E-state index contributed by atoms with van der Waals surface area (Å²) in [5.41, 5.74) is 0. The molecule has 0 aliphatic carbocycles. The van der Waals surface area contributed by atoms with E-state index >= 15 is 0 Å². The monoisotopic (exact) mass is 594 g/mol. The van der Waals surface area contributed by atoms with Gasteiger partial charge in [0.05, 0.1) is 13.0 Å². The highest BCUT2D eigenvalue weighted by atomic mass is 16.7. The summed E-state index contributed by atoms with van der Waals surface area (Å²) >= 11 is 0. The van der Waals surface area contributed by atoms with E-state index in [-0.39, 0.29) is 31.2 Å². The van der Waals surface area contributed by atoms with Crippen LogP contribution in [0.2, 0.25) is 0 Å². The maximum absolute atomic E-state index is 12.6. The highest BCUT2D eigenvalue weighted by Gasteiger charge is 2.16.